The van der Waals surface area contributed by atoms with Crippen molar-refractivity contribution >= 4 is 11.6 Å². The van der Waals surface area contributed by atoms with E-state index < -0.39 is 0 Å². The van der Waals surface area contributed by atoms with Gasteiger partial charge in [-0.1, -0.05) is 6.07 Å². The molecular weight excluding hydrogens is 204 g/mol. The molecule has 1 fully saturated rings. The quantitative estimate of drug-likeness (QED) is 0.739. The van der Waals surface area contributed by atoms with Gasteiger partial charge in [0.05, 0.1) is 0 Å². The summed E-state index contributed by atoms with van der Waals surface area (Å²) in [5.74, 6) is 0.627. The summed E-state index contributed by atoms with van der Waals surface area (Å²) in [4.78, 5) is 11.6. The Morgan fingerprint density at radius 1 is 1.38 bits per heavy atom. The third-order valence-electron chi connectivity index (χ3n) is 2.62. The van der Waals surface area contributed by atoms with Crippen LogP contribution in [0.15, 0.2) is 24.3 Å². The number of amides is 1. The highest BCUT2D eigenvalue weighted by atomic mass is 16.5. The summed E-state index contributed by atoms with van der Waals surface area (Å²) in [7, 11) is 0. The normalized spacial score (nSPS) is 21.0. The lowest BCUT2D eigenvalue weighted by Gasteiger charge is -2.15. The predicted octanol–water partition coefficient (Wildman–Crippen LogP) is 1.32. The summed E-state index contributed by atoms with van der Waals surface area (Å²) < 4.78 is 5.64. The molecule has 1 heterocycles. The van der Waals surface area contributed by atoms with Crippen LogP contribution in [-0.4, -0.2) is 18.6 Å². The standard InChI is InChI=1S/C12H16N2O2/c13-9-4-3-5-10(8-9)16-11-6-1-2-7-14-12(11)15/h3-5,8,11H,1-2,6-7,13H2,(H,14,15). The van der Waals surface area contributed by atoms with Gasteiger partial charge in [0.15, 0.2) is 6.10 Å². The second-order valence-corrected chi connectivity index (χ2v) is 3.97. The van der Waals surface area contributed by atoms with Crippen molar-refractivity contribution in [3.05, 3.63) is 24.3 Å². The average molecular weight is 220 g/mol. The molecule has 1 unspecified atom stereocenters. The molecule has 0 aromatic heterocycles. The zero-order valence-electron chi connectivity index (χ0n) is 9.11. The Morgan fingerprint density at radius 3 is 3.06 bits per heavy atom. The Balaban J connectivity index is 2.05. The molecule has 0 spiro atoms. The van der Waals surface area contributed by atoms with Gasteiger partial charge in [0.25, 0.3) is 5.91 Å². The van der Waals surface area contributed by atoms with Crippen LogP contribution >= 0.6 is 0 Å². The van der Waals surface area contributed by atoms with Gasteiger partial charge in [0.1, 0.15) is 5.75 Å². The molecule has 0 bridgehead atoms. The summed E-state index contributed by atoms with van der Waals surface area (Å²) in [6, 6.07) is 7.16. The van der Waals surface area contributed by atoms with E-state index >= 15 is 0 Å². The van der Waals surface area contributed by atoms with Crippen LogP contribution in [0.5, 0.6) is 5.75 Å². The van der Waals surface area contributed by atoms with Gasteiger partial charge in [0.2, 0.25) is 0 Å². The molecule has 1 aromatic rings. The molecule has 4 nitrogen and oxygen atoms in total. The number of anilines is 1. The van der Waals surface area contributed by atoms with Crippen LogP contribution in [0.3, 0.4) is 0 Å². The van der Waals surface area contributed by atoms with E-state index in [0.717, 1.165) is 25.8 Å². The maximum atomic E-state index is 11.6. The minimum Gasteiger partial charge on any atom is -0.481 e. The van der Waals surface area contributed by atoms with Gasteiger partial charge in [-0.05, 0) is 31.4 Å². The van der Waals surface area contributed by atoms with E-state index in [4.69, 9.17) is 10.5 Å². The first-order chi connectivity index (χ1) is 7.75. The van der Waals surface area contributed by atoms with Crippen molar-refractivity contribution < 1.29 is 9.53 Å². The topological polar surface area (TPSA) is 64.3 Å². The second-order valence-electron chi connectivity index (χ2n) is 3.97. The summed E-state index contributed by atoms with van der Waals surface area (Å²) in [6.45, 7) is 0.746. The van der Waals surface area contributed by atoms with E-state index in [2.05, 4.69) is 5.32 Å². The smallest absolute Gasteiger partial charge is 0.261 e. The zero-order chi connectivity index (χ0) is 11.4. The lowest BCUT2D eigenvalue weighted by molar-refractivity contribution is -0.127. The van der Waals surface area contributed by atoms with Gasteiger partial charge >= 0.3 is 0 Å². The number of rotatable bonds is 2. The number of hydrogen-bond donors (Lipinski definition) is 2. The SMILES string of the molecule is Nc1cccc(OC2CCCCNC2=O)c1. The largest absolute Gasteiger partial charge is 0.481 e. The van der Waals surface area contributed by atoms with Gasteiger partial charge in [0, 0.05) is 18.3 Å². The molecule has 1 atom stereocenters. The van der Waals surface area contributed by atoms with Crippen LogP contribution in [0.25, 0.3) is 0 Å². The summed E-state index contributed by atoms with van der Waals surface area (Å²) in [6.07, 6.45) is 2.40. The highest BCUT2D eigenvalue weighted by Crippen LogP contribution is 2.18. The first kappa shape index (κ1) is 10.8. The number of benzene rings is 1. The van der Waals surface area contributed by atoms with Gasteiger partial charge in [-0.2, -0.15) is 0 Å². The van der Waals surface area contributed by atoms with Crippen molar-refractivity contribution in [1.82, 2.24) is 5.32 Å². The number of carbonyl (C=O) groups is 1. The summed E-state index contributed by atoms with van der Waals surface area (Å²) in [5.41, 5.74) is 6.29. The molecule has 1 saturated heterocycles. The fourth-order valence-electron chi connectivity index (χ4n) is 1.78. The third kappa shape index (κ3) is 2.66. The van der Waals surface area contributed by atoms with Crippen molar-refractivity contribution in [2.45, 2.75) is 25.4 Å². The van der Waals surface area contributed by atoms with Gasteiger partial charge in [-0.15, -0.1) is 0 Å². The molecule has 16 heavy (non-hydrogen) atoms. The van der Waals surface area contributed by atoms with E-state index in [9.17, 15) is 4.79 Å². The molecule has 0 saturated carbocycles. The lowest BCUT2D eigenvalue weighted by Crippen LogP contribution is -2.36. The maximum absolute atomic E-state index is 11.6. The first-order valence-electron chi connectivity index (χ1n) is 5.55. The molecule has 1 aromatic carbocycles. The molecule has 0 aliphatic carbocycles. The van der Waals surface area contributed by atoms with Crippen LogP contribution in [0.2, 0.25) is 0 Å². The fraction of sp³-hybridized carbons (Fsp3) is 0.417. The van der Waals surface area contributed by atoms with Crippen LogP contribution in [0.4, 0.5) is 5.69 Å². The molecule has 1 amide bonds. The van der Waals surface area contributed by atoms with E-state index in [1.54, 1.807) is 12.1 Å². The first-order valence-corrected chi connectivity index (χ1v) is 5.55. The lowest BCUT2D eigenvalue weighted by atomic mass is 10.2. The Hall–Kier alpha value is -1.71. The number of nitrogens with one attached hydrogen (secondary N) is 1. The van der Waals surface area contributed by atoms with E-state index in [-0.39, 0.29) is 12.0 Å². The number of nitrogens with two attached hydrogens (primary N) is 1. The second kappa shape index (κ2) is 4.88. The summed E-state index contributed by atoms with van der Waals surface area (Å²) >= 11 is 0. The van der Waals surface area contributed by atoms with Crippen molar-refractivity contribution in [1.29, 1.82) is 0 Å². The fourth-order valence-corrected chi connectivity index (χ4v) is 1.78. The monoisotopic (exact) mass is 220 g/mol. The van der Waals surface area contributed by atoms with Crippen LogP contribution < -0.4 is 15.8 Å². The molecular formula is C12H16N2O2. The molecule has 1 aliphatic rings. The van der Waals surface area contributed by atoms with Crippen molar-refractivity contribution in [2.24, 2.45) is 0 Å². The predicted molar refractivity (Wildman–Crippen MR) is 62.1 cm³/mol. The van der Waals surface area contributed by atoms with E-state index in [1.807, 2.05) is 12.1 Å². The highest BCUT2D eigenvalue weighted by Gasteiger charge is 2.22. The molecule has 0 radical (unpaired) electrons. The molecule has 1 aliphatic heterocycles. The number of carbonyl (C=O) groups excluding carboxylic acids is 1. The molecule has 4 heteroatoms. The van der Waals surface area contributed by atoms with Gasteiger partial charge in [-0.3, -0.25) is 4.79 Å². The van der Waals surface area contributed by atoms with E-state index in [1.165, 1.54) is 0 Å². The Morgan fingerprint density at radius 2 is 2.25 bits per heavy atom. The molecule has 86 valence electrons. The number of hydrogen-bond acceptors (Lipinski definition) is 3. The van der Waals surface area contributed by atoms with Crippen molar-refractivity contribution in [2.75, 3.05) is 12.3 Å². The minimum absolute atomic E-state index is 0.0278. The van der Waals surface area contributed by atoms with Gasteiger partial charge in [-0.25, -0.2) is 0 Å². The maximum Gasteiger partial charge on any atom is 0.261 e. The van der Waals surface area contributed by atoms with Crippen molar-refractivity contribution in [3.63, 3.8) is 0 Å². The van der Waals surface area contributed by atoms with Crippen LogP contribution in [-0.2, 0) is 4.79 Å². The third-order valence-corrected chi connectivity index (χ3v) is 2.62. The van der Waals surface area contributed by atoms with Crippen LogP contribution in [0.1, 0.15) is 19.3 Å². The highest BCUT2D eigenvalue weighted by molar-refractivity contribution is 5.81. The Kier molecular flexibility index (Phi) is 3.29. The minimum atomic E-state index is -0.385. The molecule has 3 N–H and O–H groups in total. The Labute approximate surface area is 94.8 Å². The molecule has 2 rings (SSSR count). The zero-order valence-corrected chi connectivity index (χ0v) is 9.11. The van der Waals surface area contributed by atoms with E-state index in [0.29, 0.717) is 11.4 Å². The summed E-state index contributed by atoms with van der Waals surface area (Å²) in [5, 5.41) is 2.83. The van der Waals surface area contributed by atoms with Gasteiger partial charge < -0.3 is 15.8 Å². The van der Waals surface area contributed by atoms with Crippen molar-refractivity contribution in [3.8, 4) is 5.75 Å². The number of ether oxygens (including phenoxy) is 1. The number of nitrogen functional groups attached to an aromatic ring is 1. The van der Waals surface area contributed by atoms with Crippen LogP contribution in [0, 0.1) is 0 Å². The Bertz CT molecular complexity index is 379. The average Bonchev–Trinajstić information content (AvgIpc) is 2.45.